The van der Waals surface area contributed by atoms with Crippen LogP contribution in [-0.2, 0) is 9.47 Å². The van der Waals surface area contributed by atoms with Crippen molar-refractivity contribution in [3.63, 3.8) is 0 Å². The van der Waals surface area contributed by atoms with Gasteiger partial charge in [-0.1, -0.05) is 42.5 Å². The van der Waals surface area contributed by atoms with Crippen LogP contribution in [0.15, 0.2) is 42.5 Å². The molecule has 0 spiro atoms. The van der Waals surface area contributed by atoms with Gasteiger partial charge >= 0.3 is 0 Å². The molecule has 2 atom stereocenters. The molecule has 2 aromatic rings. The molecule has 2 unspecified atom stereocenters. The Labute approximate surface area is 147 Å². The van der Waals surface area contributed by atoms with Crippen LogP contribution in [-0.4, -0.2) is 35.1 Å². The highest BCUT2D eigenvalue weighted by molar-refractivity contribution is 5.86. The normalized spacial score (nSPS) is 14.4. The number of ether oxygens (including phenoxy) is 2. The molecule has 0 saturated carbocycles. The van der Waals surface area contributed by atoms with Crippen LogP contribution < -0.4 is 0 Å². The smallest absolute Gasteiger partial charge is 0.247 e. The largest absolute Gasteiger partial charge is 0.381 e. The van der Waals surface area contributed by atoms with Crippen molar-refractivity contribution in [2.75, 3.05) is 13.2 Å². The Hall–Kier alpha value is -2.02. The average Bonchev–Trinajstić information content (AvgIpc) is 2.59. The van der Waals surface area contributed by atoms with Gasteiger partial charge in [-0.15, -0.1) is 0 Å². The summed E-state index contributed by atoms with van der Waals surface area (Å²) in [6.07, 6.45) is -1.31. The van der Waals surface area contributed by atoms with E-state index in [2.05, 4.69) is 0 Å². The first kappa shape index (κ1) is 19.3. The van der Waals surface area contributed by atoms with Gasteiger partial charge in [0.25, 0.3) is 0 Å². The molecule has 0 aromatic heterocycles. The van der Waals surface area contributed by atoms with Crippen LogP contribution in [0, 0.1) is 10.1 Å². The third kappa shape index (κ3) is 4.54. The van der Waals surface area contributed by atoms with Crippen molar-refractivity contribution in [3.8, 4) is 0 Å². The lowest BCUT2D eigenvalue weighted by Gasteiger charge is -2.31. The molecule has 0 fully saturated rings. The molecule has 2 aromatic carbocycles. The van der Waals surface area contributed by atoms with Gasteiger partial charge in [0.05, 0.1) is 6.42 Å². The molecule has 0 aliphatic heterocycles. The fraction of sp³-hybridized carbons (Fsp3) is 0.474. The van der Waals surface area contributed by atoms with Gasteiger partial charge in [0.1, 0.15) is 6.10 Å². The molecule has 0 heterocycles. The third-order valence-corrected chi connectivity index (χ3v) is 4.26. The van der Waals surface area contributed by atoms with Crippen molar-refractivity contribution in [1.29, 1.82) is 0 Å². The van der Waals surface area contributed by atoms with E-state index in [1.807, 2.05) is 30.3 Å². The Morgan fingerprint density at radius 1 is 1.12 bits per heavy atom. The molecule has 136 valence electrons. The van der Waals surface area contributed by atoms with Crippen LogP contribution in [0.4, 0.5) is 0 Å². The van der Waals surface area contributed by atoms with Gasteiger partial charge in [0.2, 0.25) is 6.04 Å². The Morgan fingerprint density at radius 2 is 1.72 bits per heavy atom. The molecule has 2 rings (SSSR count). The molecular formula is C19H25NO5. The summed E-state index contributed by atoms with van der Waals surface area (Å²) in [4.78, 5) is 11.2. The summed E-state index contributed by atoms with van der Waals surface area (Å²) in [7, 11) is 0. The standard InChI is InChI=1S/C19H25NO5/c1-4-24-19(3,25-5-2)13-17(20(22)23)18(21)16-12-8-10-14-9-6-7-11-15(14)16/h6-12,17-18,21H,4-5,13H2,1-3H3. The first-order valence-electron chi connectivity index (χ1n) is 8.49. The maximum Gasteiger partial charge on any atom is 0.247 e. The predicted octanol–water partition coefficient (Wildman–Crippen LogP) is 3.70. The van der Waals surface area contributed by atoms with Crippen molar-refractivity contribution < 1.29 is 19.5 Å². The Kier molecular flexibility index (Phi) is 6.47. The van der Waals surface area contributed by atoms with Crippen molar-refractivity contribution in [2.24, 2.45) is 0 Å². The average molecular weight is 347 g/mol. The lowest BCUT2D eigenvalue weighted by molar-refractivity contribution is -0.543. The van der Waals surface area contributed by atoms with Gasteiger partial charge in [-0.05, 0) is 37.1 Å². The summed E-state index contributed by atoms with van der Waals surface area (Å²) in [5.41, 5.74) is 0.537. The van der Waals surface area contributed by atoms with Gasteiger partial charge in [-0.25, -0.2) is 0 Å². The van der Waals surface area contributed by atoms with Gasteiger partial charge in [-0.2, -0.15) is 0 Å². The molecule has 0 radical (unpaired) electrons. The van der Waals surface area contributed by atoms with E-state index in [1.165, 1.54) is 0 Å². The maximum atomic E-state index is 11.7. The van der Waals surface area contributed by atoms with Crippen molar-refractivity contribution in [1.82, 2.24) is 0 Å². The molecule has 0 amide bonds. The van der Waals surface area contributed by atoms with E-state index in [9.17, 15) is 15.2 Å². The number of nitrogens with zero attached hydrogens (tertiary/aromatic N) is 1. The highest BCUT2D eigenvalue weighted by Crippen LogP contribution is 2.32. The first-order chi connectivity index (χ1) is 11.9. The summed E-state index contributed by atoms with van der Waals surface area (Å²) in [6, 6.07) is 11.7. The second-order valence-electron chi connectivity index (χ2n) is 6.07. The van der Waals surface area contributed by atoms with E-state index in [1.54, 1.807) is 32.9 Å². The van der Waals surface area contributed by atoms with E-state index < -0.39 is 22.9 Å². The summed E-state index contributed by atoms with van der Waals surface area (Å²) in [5.74, 6) is -1.12. The fourth-order valence-electron chi connectivity index (χ4n) is 3.17. The lowest BCUT2D eigenvalue weighted by Crippen LogP contribution is -2.41. The summed E-state index contributed by atoms with van der Waals surface area (Å²) >= 11 is 0. The second kappa shape index (κ2) is 8.38. The van der Waals surface area contributed by atoms with Gasteiger partial charge in [0, 0.05) is 18.1 Å². The highest BCUT2D eigenvalue weighted by atomic mass is 16.7. The van der Waals surface area contributed by atoms with Crippen LogP contribution in [0.2, 0.25) is 0 Å². The van der Waals surface area contributed by atoms with Crippen molar-refractivity contribution >= 4 is 10.8 Å². The monoisotopic (exact) mass is 347 g/mol. The molecule has 0 aliphatic carbocycles. The fourth-order valence-corrected chi connectivity index (χ4v) is 3.17. The van der Waals surface area contributed by atoms with Crippen LogP contribution in [0.25, 0.3) is 10.8 Å². The number of nitro groups is 1. The molecule has 6 heteroatoms. The summed E-state index contributed by atoms with van der Waals surface area (Å²) in [6.45, 7) is 6.02. The lowest BCUT2D eigenvalue weighted by atomic mass is 9.93. The minimum Gasteiger partial charge on any atom is -0.381 e. The zero-order chi connectivity index (χ0) is 18.4. The van der Waals surface area contributed by atoms with E-state index in [4.69, 9.17) is 9.47 Å². The number of hydrogen-bond acceptors (Lipinski definition) is 5. The van der Waals surface area contributed by atoms with Gasteiger partial charge < -0.3 is 14.6 Å². The third-order valence-electron chi connectivity index (χ3n) is 4.26. The molecular weight excluding hydrogens is 322 g/mol. The van der Waals surface area contributed by atoms with E-state index >= 15 is 0 Å². The minimum atomic E-state index is -1.26. The summed E-state index contributed by atoms with van der Waals surface area (Å²) in [5, 5.41) is 24.2. The van der Waals surface area contributed by atoms with Gasteiger partial charge in [-0.3, -0.25) is 10.1 Å². The SMILES string of the molecule is CCOC(C)(CC(C(O)c1cccc2ccccc12)[N+](=O)[O-])OCC. The van der Waals surface area contributed by atoms with Crippen LogP contribution in [0.1, 0.15) is 38.9 Å². The first-order valence-corrected chi connectivity index (χ1v) is 8.49. The van der Waals surface area contributed by atoms with Crippen molar-refractivity contribution in [3.05, 3.63) is 58.1 Å². The van der Waals surface area contributed by atoms with Crippen LogP contribution in [0.3, 0.4) is 0 Å². The quantitative estimate of drug-likeness (QED) is 0.425. The number of aliphatic hydroxyl groups excluding tert-OH is 1. The van der Waals surface area contributed by atoms with E-state index in [0.29, 0.717) is 18.8 Å². The molecule has 0 saturated heterocycles. The number of fused-ring (bicyclic) bond motifs is 1. The molecule has 6 nitrogen and oxygen atoms in total. The zero-order valence-electron chi connectivity index (χ0n) is 14.8. The maximum absolute atomic E-state index is 11.7. The number of aliphatic hydroxyl groups is 1. The molecule has 0 aliphatic rings. The van der Waals surface area contributed by atoms with E-state index in [0.717, 1.165) is 10.8 Å². The summed E-state index contributed by atoms with van der Waals surface area (Å²) < 4.78 is 11.2. The topological polar surface area (TPSA) is 81.8 Å². The molecule has 0 bridgehead atoms. The van der Waals surface area contributed by atoms with E-state index in [-0.39, 0.29) is 6.42 Å². The Bertz CT molecular complexity index is 707. The Balaban J connectivity index is 2.37. The van der Waals surface area contributed by atoms with Crippen molar-refractivity contribution in [2.45, 2.75) is 45.1 Å². The van der Waals surface area contributed by atoms with Gasteiger partial charge in [0.15, 0.2) is 5.79 Å². The molecule has 25 heavy (non-hydrogen) atoms. The number of hydrogen-bond donors (Lipinski definition) is 1. The van der Waals surface area contributed by atoms with Crippen LogP contribution >= 0.6 is 0 Å². The highest BCUT2D eigenvalue weighted by Gasteiger charge is 2.40. The Morgan fingerprint density at radius 3 is 2.32 bits per heavy atom. The second-order valence-corrected chi connectivity index (χ2v) is 6.07. The zero-order valence-corrected chi connectivity index (χ0v) is 14.8. The number of rotatable bonds is 9. The van der Waals surface area contributed by atoms with Crippen LogP contribution in [0.5, 0.6) is 0 Å². The predicted molar refractivity (Wildman–Crippen MR) is 96.0 cm³/mol. The number of benzene rings is 2. The molecule has 1 N–H and O–H groups in total. The minimum absolute atomic E-state index is 0.0495.